The van der Waals surface area contributed by atoms with E-state index in [0.717, 1.165) is 6.20 Å². The molecule has 0 saturated carbocycles. The molecule has 0 aliphatic rings. The lowest BCUT2D eigenvalue weighted by Gasteiger charge is -1.89. The molecular formula is C8H8FN5O. The largest absolute Gasteiger partial charge is 0.383 e. The molecular weight excluding hydrogens is 201 g/mol. The standard InChI is InChI=1S/C4H4FN3O.C4H4N2/c5-2-1-7-4(9)8-3(2)6;1-2-5-4-6-3-1/h1H,(H3,6,7,8,9);1-4H. The molecule has 0 atom stereocenters. The van der Waals surface area contributed by atoms with Gasteiger partial charge in [-0.1, -0.05) is 0 Å². The van der Waals surface area contributed by atoms with Crippen molar-refractivity contribution in [3.05, 3.63) is 47.3 Å². The summed E-state index contributed by atoms with van der Waals surface area (Å²) < 4.78 is 12.1. The third-order valence-electron chi connectivity index (χ3n) is 1.27. The summed E-state index contributed by atoms with van der Waals surface area (Å²) in [5, 5.41) is 0. The van der Waals surface area contributed by atoms with Crippen LogP contribution in [0.2, 0.25) is 0 Å². The molecule has 7 heteroatoms. The minimum atomic E-state index is -0.713. The van der Waals surface area contributed by atoms with Gasteiger partial charge in [-0.25, -0.2) is 19.2 Å². The SMILES string of the molecule is Nc1[nH]c(=O)ncc1F.c1cncnc1. The van der Waals surface area contributed by atoms with Gasteiger partial charge in [-0.2, -0.15) is 4.98 Å². The van der Waals surface area contributed by atoms with E-state index >= 15 is 0 Å². The van der Waals surface area contributed by atoms with Crippen molar-refractivity contribution in [2.75, 3.05) is 5.73 Å². The highest BCUT2D eigenvalue weighted by Gasteiger charge is 1.95. The van der Waals surface area contributed by atoms with Crippen LogP contribution in [0.3, 0.4) is 0 Å². The first-order chi connectivity index (χ1) is 7.20. The predicted octanol–water partition coefficient (Wildman–Crippen LogP) is -0.0322. The highest BCUT2D eigenvalue weighted by Crippen LogP contribution is 1.96. The Balaban J connectivity index is 0.000000162. The molecule has 0 bridgehead atoms. The lowest BCUT2D eigenvalue weighted by molar-refractivity contribution is 0.617. The van der Waals surface area contributed by atoms with E-state index in [1.165, 1.54) is 6.33 Å². The van der Waals surface area contributed by atoms with E-state index < -0.39 is 11.5 Å². The zero-order valence-electron chi connectivity index (χ0n) is 7.59. The third-order valence-corrected chi connectivity index (χ3v) is 1.27. The molecule has 0 saturated heterocycles. The molecule has 3 N–H and O–H groups in total. The van der Waals surface area contributed by atoms with Gasteiger partial charge in [-0.05, 0) is 6.07 Å². The Morgan fingerprint density at radius 2 is 2.00 bits per heavy atom. The molecule has 0 aromatic carbocycles. The summed E-state index contributed by atoms with van der Waals surface area (Å²) in [5.41, 5.74) is 4.31. The molecule has 2 aromatic heterocycles. The maximum absolute atomic E-state index is 12.1. The van der Waals surface area contributed by atoms with E-state index in [2.05, 4.69) is 15.0 Å². The van der Waals surface area contributed by atoms with Gasteiger partial charge in [0, 0.05) is 12.4 Å². The number of anilines is 1. The second-order valence-electron chi connectivity index (χ2n) is 2.35. The van der Waals surface area contributed by atoms with E-state index in [4.69, 9.17) is 5.73 Å². The number of nitrogens with two attached hydrogens (primary N) is 1. The highest BCUT2D eigenvalue weighted by molar-refractivity contribution is 5.25. The summed E-state index contributed by atoms with van der Waals surface area (Å²) in [7, 11) is 0. The van der Waals surface area contributed by atoms with E-state index in [9.17, 15) is 9.18 Å². The summed E-state index contributed by atoms with van der Waals surface area (Å²) in [4.78, 5) is 22.6. The number of H-pyrrole nitrogens is 1. The average molecular weight is 209 g/mol. The Bertz CT molecular complexity index is 431. The van der Waals surface area contributed by atoms with Crippen LogP contribution < -0.4 is 11.4 Å². The van der Waals surface area contributed by atoms with E-state index in [0.29, 0.717) is 0 Å². The number of nitrogens with one attached hydrogen (secondary N) is 1. The summed E-state index contributed by atoms with van der Waals surface area (Å²) in [6.45, 7) is 0. The molecule has 0 spiro atoms. The molecule has 2 rings (SSSR count). The van der Waals surface area contributed by atoms with Gasteiger partial charge in [0.1, 0.15) is 12.1 Å². The van der Waals surface area contributed by atoms with Gasteiger partial charge in [0.05, 0.1) is 6.20 Å². The maximum Gasteiger partial charge on any atom is 0.346 e. The monoisotopic (exact) mass is 209 g/mol. The molecule has 0 aliphatic carbocycles. The molecule has 2 aromatic rings. The van der Waals surface area contributed by atoms with Crippen molar-refractivity contribution in [3.63, 3.8) is 0 Å². The number of rotatable bonds is 0. The zero-order chi connectivity index (χ0) is 11.1. The molecule has 0 radical (unpaired) electrons. The van der Waals surface area contributed by atoms with Crippen LogP contribution in [-0.2, 0) is 0 Å². The molecule has 78 valence electrons. The lowest BCUT2D eigenvalue weighted by atomic mass is 10.6. The van der Waals surface area contributed by atoms with Crippen LogP contribution in [0, 0.1) is 5.82 Å². The van der Waals surface area contributed by atoms with Crippen LogP contribution in [0.15, 0.2) is 35.8 Å². The fourth-order valence-electron chi connectivity index (χ4n) is 0.645. The molecule has 15 heavy (non-hydrogen) atoms. The fourth-order valence-corrected chi connectivity index (χ4v) is 0.645. The number of aromatic nitrogens is 4. The summed E-state index contributed by atoms with van der Waals surface area (Å²) in [6.07, 6.45) is 5.65. The Hall–Kier alpha value is -2.31. The van der Waals surface area contributed by atoms with Gasteiger partial charge in [0.25, 0.3) is 0 Å². The summed E-state index contributed by atoms with van der Waals surface area (Å²) in [6, 6.07) is 1.78. The Labute approximate surface area is 84.0 Å². The first-order valence-electron chi connectivity index (χ1n) is 3.90. The van der Waals surface area contributed by atoms with Gasteiger partial charge in [0.15, 0.2) is 5.82 Å². The first kappa shape index (κ1) is 10.8. The minimum absolute atomic E-state index is 0.282. The van der Waals surface area contributed by atoms with E-state index in [1.807, 2.05) is 4.98 Å². The highest BCUT2D eigenvalue weighted by atomic mass is 19.1. The summed E-state index contributed by atoms with van der Waals surface area (Å²) >= 11 is 0. The predicted molar refractivity (Wildman–Crippen MR) is 51.3 cm³/mol. The Morgan fingerprint density at radius 3 is 2.33 bits per heavy atom. The normalized spacial score (nSPS) is 8.87. The summed E-state index contributed by atoms with van der Waals surface area (Å²) in [5.74, 6) is -0.996. The number of halogens is 1. The van der Waals surface area contributed by atoms with Crippen LogP contribution in [0.25, 0.3) is 0 Å². The van der Waals surface area contributed by atoms with Crippen LogP contribution >= 0.6 is 0 Å². The van der Waals surface area contributed by atoms with Crippen LogP contribution in [0.1, 0.15) is 0 Å². The average Bonchev–Trinajstić information content (AvgIpc) is 2.27. The smallest absolute Gasteiger partial charge is 0.346 e. The van der Waals surface area contributed by atoms with Crippen molar-refractivity contribution in [1.82, 2.24) is 19.9 Å². The minimum Gasteiger partial charge on any atom is -0.383 e. The van der Waals surface area contributed by atoms with Crippen molar-refractivity contribution in [2.24, 2.45) is 0 Å². The topological polar surface area (TPSA) is 97.6 Å². The molecule has 6 nitrogen and oxygen atoms in total. The number of hydrogen-bond donors (Lipinski definition) is 2. The molecule has 0 fully saturated rings. The number of hydrogen-bond acceptors (Lipinski definition) is 5. The van der Waals surface area contributed by atoms with E-state index in [-0.39, 0.29) is 5.82 Å². The number of nitrogens with zero attached hydrogens (tertiary/aromatic N) is 3. The Kier molecular flexibility index (Phi) is 3.90. The van der Waals surface area contributed by atoms with Crippen molar-refractivity contribution >= 4 is 5.82 Å². The number of aromatic amines is 1. The second kappa shape index (κ2) is 5.43. The second-order valence-corrected chi connectivity index (χ2v) is 2.35. The van der Waals surface area contributed by atoms with Gasteiger partial charge < -0.3 is 5.73 Å². The van der Waals surface area contributed by atoms with Gasteiger partial charge in [0.2, 0.25) is 0 Å². The van der Waals surface area contributed by atoms with E-state index in [1.54, 1.807) is 18.5 Å². The maximum atomic E-state index is 12.1. The lowest BCUT2D eigenvalue weighted by Crippen LogP contribution is -2.12. The quantitative estimate of drug-likeness (QED) is 0.634. The van der Waals surface area contributed by atoms with Crippen molar-refractivity contribution in [2.45, 2.75) is 0 Å². The molecule has 0 amide bonds. The number of nitrogen functional groups attached to an aromatic ring is 1. The third kappa shape index (κ3) is 3.94. The van der Waals surface area contributed by atoms with Gasteiger partial charge in [-0.15, -0.1) is 0 Å². The Morgan fingerprint density at radius 1 is 1.33 bits per heavy atom. The van der Waals surface area contributed by atoms with Crippen molar-refractivity contribution in [3.8, 4) is 0 Å². The fraction of sp³-hybridized carbons (Fsp3) is 0. The molecule has 0 aliphatic heterocycles. The van der Waals surface area contributed by atoms with Crippen LogP contribution in [0.4, 0.5) is 10.2 Å². The van der Waals surface area contributed by atoms with Crippen molar-refractivity contribution in [1.29, 1.82) is 0 Å². The first-order valence-corrected chi connectivity index (χ1v) is 3.90. The van der Waals surface area contributed by atoms with Crippen LogP contribution in [-0.4, -0.2) is 19.9 Å². The van der Waals surface area contributed by atoms with Crippen molar-refractivity contribution < 1.29 is 4.39 Å². The van der Waals surface area contributed by atoms with Gasteiger partial charge in [-0.3, -0.25) is 4.98 Å². The molecule has 0 unspecified atom stereocenters. The van der Waals surface area contributed by atoms with Gasteiger partial charge >= 0.3 is 5.69 Å². The zero-order valence-corrected chi connectivity index (χ0v) is 7.59. The molecule has 2 heterocycles. The van der Waals surface area contributed by atoms with Crippen LogP contribution in [0.5, 0.6) is 0 Å².